The van der Waals surface area contributed by atoms with E-state index in [1.165, 1.54) is 0 Å². The first kappa shape index (κ1) is 15.6. The maximum atomic E-state index is 12.1. The highest BCUT2D eigenvalue weighted by molar-refractivity contribution is 7.27. The summed E-state index contributed by atoms with van der Waals surface area (Å²) in [7, 11) is -1.08. The SMILES string of the molecule is NN1CCC(NC(=O)Cc2ccccc2)[C@](N)([PH+]=O)C1=O. The van der Waals surface area contributed by atoms with E-state index in [0.29, 0.717) is 6.42 Å². The van der Waals surface area contributed by atoms with E-state index in [1.54, 1.807) is 0 Å². The second-order valence-electron chi connectivity index (χ2n) is 5.04. The van der Waals surface area contributed by atoms with Crippen LogP contribution in [0.25, 0.3) is 0 Å². The van der Waals surface area contributed by atoms with Crippen molar-refractivity contribution in [1.82, 2.24) is 10.3 Å². The normalized spacial score (nSPS) is 25.9. The summed E-state index contributed by atoms with van der Waals surface area (Å²) in [6.07, 6.45) is 0.546. The molecule has 1 saturated heterocycles. The quantitative estimate of drug-likeness (QED) is 0.393. The molecule has 1 aliphatic rings. The molecule has 0 aromatic heterocycles. The minimum atomic E-state index is -1.65. The van der Waals surface area contributed by atoms with E-state index >= 15 is 0 Å². The molecule has 2 rings (SSSR count). The van der Waals surface area contributed by atoms with Crippen LogP contribution in [0, 0.1) is 0 Å². The maximum Gasteiger partial charge on any atom is 0.359 e. The average molecular weight is 309 g/mol. The van der Waals surface area contributed by atoms with Crippen LogP contribution in [0.15, 0.2) is 30.3 Å². The Morgan fingerprint density at radius 1 is 1.43 bits per heavy atom. The monoisotopic (exact) mass is 309 g/mol. The Morgan fingerprint density at radius 2 is 2.10 bits per heavy atom. The summed E-state index contributed by atoms with van der Waals surface area (Å²) in [5.41, 5.74) is 6.74. The van der Waals surface area contributed by atoms with E-state index in [2.05, 4.69) is 5.32 Å². The van der Waals surface area contributed by atoms with Crippen LogP contribution in [0.5, 0.6) is 0 Å². The zero-order valence-electron chi connectivity index (χ0n) is 11.4. The van der Waals surface area contributed by atoms with Crippen LogP contribution in [0.1, 0.15) is 12.0 Å². The molecule has 5 N–H and O–H groups in total. The van der Waals surface area contributed by atoms with Gasteiger partial charge in [-0.25, -0.2) is 5.84 Å². The van der Waals surface area contributed by atoms with Crippen molar-refractivity contribution in [1.29, 1.82) is 0 Å². The highest BCUT2D eigenvalue weighted by atomic mass is 31.1. The number of hydrogen-bond donors (Lipinski definition) is 3. The van der Waals surface area contributed by atoms with Crippen LogP contribution < -0.4 is 16.9 Å². The molecule has 1 aliphatic heterocycles. The van der Waals surface area contributed by atoms with Crippen LogP contribution in [0.2, 0.25) is 0 Å². The summed E-state index contributed by atoms with van der Waals surface area (Å²) in [6, 6.07) is 8.52. The molecule has 1 heterocycles. The number of nitrogens with one attached hydrogen (secondary N) is 1. The Kier molecular flexibility index (Phi) is 4.67. The Balaban J connectivity index is 2.06. The zero-order chi connectivity index (χ0) is 15.5. The molecule has 1 aromatic rings. The van der Waals surface area contributed by atoms with E-state index in [4.69, 9.17) is 11.6 Å². The summed E-state index contributed by atoms with van der Waals surface area (Å²) >= 11 is 0. The Labute approximate surface area is 123 Å². The van der Waals surface area contributed by atoms with Crippen LogP contribution in [0.3, 0.4) is 0 Å². The van der Waals surface area contributed by atoms with Gasteiger partial charge in [-0.05, 0) is 12.0 Å². The summed E-state index contributed by atoms with van der Waals surface area (Å²) < 4.78 is 11.4. The van der Waals surface area contributed by atoms with Crippen LogP contribution in [-0.2, 0) is 20.6 Å². The van der Waals surface area contributed by atoms with Crippen LogP contribution in [0.4, 0.5) is 0 Å². The first-order chi connectivity index (χ1) is 9.97. The summed E-state index contributed by atoms with van der Waals surface area (Å²) in [4.78, 5) is 24.0. The minimum Gasteiger partial charge on any atom is -0.346 e. The number of carbonyl (C=O) groups is 2. The number of carbonyl (C=O) groups excluding carboxylic acids is 2. The first-order valence-corrected chi connectivity index (χ1v) is 7.46. The van der Waals surface area contributed by atoms with Gasteiger partial charge in [0.15, 0.2) is 0 Å². The van der Waals surface area contributed by atoms with Gasteiger partial charge in [-0.1, -0.05) is 34.9 Å². The van der Waals surface area contributed by atoms with Crippen LogP contribution >= 0.6 is 8.46 Å². The molecule has 2 unspecified atom stereocenters. The van der Waals surface area contributed by atoms with Crippen molar-refractivity contribution >= 4 is 20.3 Å². The highest BCUT2D eigenvalue weighted by Crippen LogP contribution is 2.29. The molecule has 0 spiro atoms. The predicted octanol–water partition coefficient (Wildman–Crippen LogP) is -0.501. The van der Waals surface area contributed by atoms with Crippen LogP contribution in [-0.4, -0.2) is 34.7 Å². The molecule has 0 aliphatic carbocycles. The molecular weight excluding hydrogens is 291 g/mol. The van der Waals surface area contributed by atoms with Gasteiger partial charge in [0, 0.05) is 6.54 Å². The van der Waals surface area contributed by atoms with Crippen molar-refractivity contribution < 1.29 is 14.2 Å². The van der Waals surface area contributed by atoms with Crippen molar-refractivity contribution in [3.63, 3.8) is 0 Å². The number of amides is 2. The van der Waals surface area contributed by atoms with Gasteiger partial charge >= 0.3 is 19.6 Å². The number of nitrogens with two attached hydrogens (primary N) is 2. The van der Waals surface area contributed by atoms with Crippen molar-refractivity contribution in [3.8, 4) is 0 Å². The third kappa shape index (κ3) is 3.26. The summed E-state index contributed by atoms with van der Waals surface area (Å²) in [5.74, 6) is 4.62. The Morgan fingerprint density at radius 3 is 2.71 bits per heavy atom. The second kappa shape index (κ2) is 6.30. The summed E-state index contributed by atoms with van der Waals surface area (Å²) in [5, 5.41) is 2.00. The standard InChI is InChI=1S/C13H17N4O3P/c14-13(21-20)10(6-7-17(15)12(13)19)16-11(18)8-9-4-2-1-3-5-9/h1-5,10H,6-8,14-15H2,(H,16,18)/p+1/t10?,13-/m0/s1. The molecule has 1 fully saturated rings. The van der Waals surface area contributed by atoms with Gasteiger partial charge in [0.2, 0.25) is 5.91 Å². The van der Waals surface area contributed by atoms with Gasteiger partial charge in [-0.15, -0.1) is 0 Å². The van der Waals surface area contributed by atoms with Crippen molar-refractivity contribution in [2.45, 2.75) is 24.2 Å². The lowest BCUT2D eigenvalue weighted by Gasteiger charge is -2.35. The van der Waals surface area contributed by atoms with Gasteiger partial charge in [0.1, 0.15) is 6.04 Å². The first-order valence-electron chi connectivity index (χ1n) is 6.55. The molecule has 0 saturated carbocycles. The molecular formula is C13H18N4O3P+. The molecule has 3 atom stereocenters. The van der Waals surface area contributed by atoms with Crippen molar-refractivity contribution in [2.75, 3.05) is 6.54 Å². The van der Waals surface area contributed by atoms with E-state index in [0.717, 1.165) is 10.6 Å². The molecule has 0 bridgehead atoms. The topological polar surface area (TPSA) is 119 Å². The summed E-state index contributed by atoms with van der Waals surface area (Å²) in [6.45, 7) is 0.262. The Bertz CT molecular complexity index is 554. The van der Waals surface area contributed by atoms with Crippen molar-refractivity contribution in [3.05, 3.63) is 35.9 Å². The third-order valence-electron chi connectivity index (χ3n) is 3.53. The van der Waals surface area contributed by atoms with Gasteiger partial charge in [-0.2, -0.15) is 0 Å². The lowest BCUT2D eigenvalue weighted by atomic mass is 9.98. The van der Waals surface area contributed by atoms with E-state index in [-0.39, 0.29) is 18.9 Å². The van der Waals surface area contributed by atoms with Crippen molar-refractivity contribution in [2.24, 2.45) is 11.6 Å². The lowest BCUT2D eigenvalue weighted by Crippen LogP contribution is -2.69. The number of benzene rings is 1. The fourth-order valence-electron chi connectivity index (χ4n) is 2.31. The number of hydrogen-bond acceptors (Lipinski definition) is 5. The van der Waals surface area contributed by atoms with Gasteiger partial charge < -0.3 is 5.32 Å². The molecule has 0 radical (unpaired) electrons. The minimum absolute atomic E-state index is 0.177. The molecule has 8 heteroatoms. The fourth-order valence-corrected chi connectivity index (χ4v) is 2.90. The lowest BCUT2D eigenvalue weighted by molar-refractivity contribution is -0.138. The Hall–Kier alpha value is -1.82. The predicted molar refractivity (Wildman–Crippen MR) is 78.5 cm³/mol. The zero-order valence-corrected chi connectivity index (χ0v) is 12.4. The number of piperidine rings is 1. The molecule has 112 valence electrons. The smallest absolute Gasteiger partial charge is 0.346 e. The number of rotatable bonds is 4. The van der Waals surface area contributed by atoms with Gasteiger partial charge in [0.25, 0.3) is 0 Å². The highest BCUT2D eigenvalue weighted by Gasteiger charge is 2.55. The second-order valence-corrected chi connectivity index (χ2v) is 6.07. The average Bonchev–Trinajstić information content (AvgIpc) is 2.49. The van der Waals surface area contributed by atoms with Gasteiger partial charge in [-0.3, -0.25) is 20.3 Å². The molecule has 21 heavy (non-hydrogen) atoms. The number of nitrogens with zero attached hydrogens (tertiary/aromatic N) is 1. The molecule has 1 aromatic carbocycles. The van der Waals surface area contributed by atoms with E-state index in [9.17, 15) is 14.2 Å². The van der Waals surface area contributed by atoms with Gasteiger partial charge in [0.05, 0.1) is 6.42 Å². The molecule has 2 amide bonds. The fraction of sp³-hybridized carbons (Fsp3) is 0.385. The van der Waals surface area contributed by atoms with E-state index in [1.807, 2.05) is 30.3 Å². The van der Waals surface area contributed by atoms with E-state index < -0.39 is 25.7 Å². The number of hydrazine groups is 1. The molecule has 7 nitrogen and oxygen atoms in total. The third-order valence-corrected chi connectivity index (χ3v) is 4.43. The largest absolute Gasteiger partial charge is 0.359 e. The maximum absolute atomic E-state index is 12.1.